The Morgan fingerprint density at radius 2 is 1.52 bits per heavy atom. The van der Waals surface area contributed by atoms with Crippen molar-refractivity contribution in [3.05, 3.63) is 95.0 Å². The topological polar surface area (TPSA) is 21.6 Å². The molecule has 3 rings (SSSR count). The van der Waals surface area contributed by atoms with Gasteiger partial charge in [0.2, 0.25) is 0 Å². The molecule has 0 aliphatic heterocycles. The van der Waals surface area contributed by atoms with Gasteiger partial charge in [-0.1, -0.05) is 48.0 Å². The summed E-state index contributed by atoms with van der Waals surface area (Å²) in [7, 11) is 0. The van der Waals surface area contributed by atoms with E-state index in [0.717, 1.165) is 27.6 Å². The molecule has 0 atom stereocenters. The molecule has 0 radical (unpaired) electrons. The number of hydrogen-bond donors (Lipinski definition) is 0. The highest BCUT2D eigenvalue weighted by Gasteiger charge is 2.00. The van der Waals surface area contributed by atoms with Gasteiger partial charge in [0.1, 0.15) is 12.4 Å². The first-order valence-corrected chi connectivity index (χ1v) is 7.74. The van der Waals surface area contributed by atoms with Crippen molar-refractivity contribution in [2.75, 3.05) is 0 Å². The molecule has 23 heavy (non-hydrogen) atoms. The summed E-state index contributed by atoms with van der Waals surface area (Å²) in [4.78, 5) is 4.43. The van der Waals surface area contributed by atoms with Gasteiger partial charge in [-0.3, -0.25) is 4.99 Å². The quantitative estimate of drug-likeness (QED) is 0.555. The van der Waals surface area contributed by atoms with Crippen LogP contribution in [0.5, 0.6) is 5.75 Å². The van der Waals surface area contributed by atoms with Gasteiger partial charge in [0.25, 0.3) is 0 Å². The molecular weight excluding hydrogens is 306 g/mol. The molecule has 3 aromatic carbocycles. The zero-order chi connectivity index (χ0) is 15.9. The molecule has 0 aromatic heterocycles. The molecule has 0 heterocycles. The number of rotatable bonds is 5. The summed E-state index contributed by atoms with van der Waals surface area (Å²) >= 11 is 6.12. The van der Waals surface area contributed by atoms with Crippen molar-refractivity contribution in [3.63, 3.8) is 0 Å². The van der Waals surface area contributed by atoms with Gasteiger partial charge in [0.05, 0.1) is 5.69 Å². The van der Waals surface area contributed by atoms with Gasteiger partial charge in [0, 0.05) is 16.8 Å². The Bertz CT molecular complexity index is 782. The number of halogens is 1. The second-order valence-corrected chi connectivity index (χ2v) is 5.45. The molecule has 0 N–H and O–H groups in total. The number of ether oxygens (including phenoxy) is 1. The van der Waals surface area contributed by atoms with Crippen molar-refractivity contribution in [1.82, 2.24) is 0 Å². The Kier molecular flexibility index (Phi) is 5.07. The minimum absolute atomic E-state index is 0.455. The van der Waals surface area contributed by atoms with Gasteiger partial charge >= 0.3 is 0 Å². The van der Waals surface area contributed by atoms with Crippen molar-refractivity contribution < 1.29 is 4.74 Å². The van der Waals surface area contributed by atoms with Gasteiger partial charge in [-0.25, -0.2) is 0 Å². The van der Waals surface area contributed by atoms with E-state index < -0.39 is 0 Å². The fourth-order valence-electron chi connectivity index (χ4n) is 2.09. The SMILES string of the molecule is Clc1ccccc1COc1ccc(C=Nc2ccccc2)cc1. The zero-order valence-electron chi connectivity index (χ0n) is 12.5. The van der Waals surface area contributed by atoms with Gasteiger partial charge in [-0.15, -0.1) is 0 Å². The van der Waals surface area contributed by atoms with E-state index in [-0.39, 0.29) is 0 Å². The fraction of sp³-hybridized carbons (Fsp3) is 0.0500. The van der Waals surface area contributed by atoms with E-state index in [4.69, 9.17) is 16.3 Å². The second-order valence-electron chi connectivity index (χ2n) is 5.04. The zero-order valence-corrected chi connectivity index (χ0v) is 13.3. The van der Waals surface area contributed by atoms with Gasteiger partial charge < -0.3 is 4.74 Å². The van der Waals surface area contributed by atoms with Crippen LogP contribution in [0.15, 0.2) is 83.9 Å². The summed E-state index contributed by atoms with van der Waals surface area (Å²) in [6.07, 6.45) is 1.84. The summed E-state index contributed by atoms with van der Waals surface area (Å²) in [5, 5.41) is 0.721. The predicted octanol–water partition coefficient (Wildman–Crippen LogP) is 5.67. The molecule has 0 spiro atoms. The Hall–Kier alpha value is -2.58. The maximum Gasteiger partial charge on any atom is 0.119 e. The van der Waals surface area contributed by atoms with Gasteiger partial charge in [-0.05, 0) is 48.0 Å². The van der Waals surface area contributed by atoms with Crippen molar-refractivity contribution in [2.24, 2.45) is 4.99 Å². The largest absolute Gasteiger partial charge is 0.489 e. The van der Waals surface area contributed by atoms with Crippen molar-refractivity contribution in [2.45, 2.75) is 6.61 Å². The average molecular weight is 322 g/mol. The third-order valence-corrected chi connectivity index (χ3v) is 3.72. The molecule has 3 aromatic rings. The van der Waals surface area contributed by atoms with E-state index in [9.17, 15) is 0 Å². The average Bonchev–Trinajstić information content (AvgIpc) is 2.61. The predicted molar refractivity (Wildman–Crippen MR) is 95.9 cm³/mol. The molecule has 0 unspecified atom stereocenters. The summed E-state index contributed by atoms with van der Waals surface area (Å²) in [5.41, 5.74) is 2.94. The first-order chi connectivity index (χ1) is 11.3. The third kappa shape index (κ3) is 4.44. The molecule has 0 amide bonds. The van der Waals surface area contributed by atoms with Crippen molar-refractivity contribution >= 4 is 23.5 Å². The van der Waals surface area contributed by atoms with Gasteiger partial charge in [-0.2, -0.15) is 0 Å². The lowest BCUT2D eigenvalue weighted by molar-refractivity contribution is 0.306. The van der Waals surface area contributed by atoms with E-state index >= 15 is 0 Å². The van der Waals surface area contributed by atoms with Crippen LogP contribution in [0.1, 0.15) is 11.1 Å². The van der Waals surface area contributed by atoms with E-state index in [1.807, 2.05) is 85.1 Å². The fourth-order valence-corrected chi connectivity index (χ4v) is 2.28. The second kappa shape index (κ2) is 7.61. The molecule has 0 fully saturated rings. The Labute approximate surface area is 141 Å². The molecule has 114 valence electrons. The van der Waals surface area contributed by atoms with Crippen LogP contribution < -0.4 is 4.74 Å². The maximum atomic E-state index is 6.12. The van der Waals surface area contributed by atoms with Crippen molar-refractivity contribution in [1.29, 1.82) is 0 Å². The number of aliphatic imine (C=N–C) groups is 1. The highest BCUT2D eigenvalue weighted by atomic mass is 35.5. The molecule has 0 aliphatic carbocycles. The summed E-state index contributed by atoms with van der Waals surface area (Å²) in [5.74, 6) is 0.807. The smallest absolute Gasteiger partial charge is 0.119 e. The standard InChI is InChI=1S/C20H16ClNO/c21-20-9-5-4-6-17(20)15-23-19-12-10-16(11-13-19)14-22-18-7-2-1-3-8-18/h1-14H,15H2. The first kappa shape index (κ1) is 15.3. The Morgan fingerprint density at radius 3 is 2.26 bits per heavy atom. The molecule has 2 nitrogen and oxygen atoms in total. The van der Waals surface area contributed by atoms with Crippen LogP contribution in [0.25, 0.3) is 0 Å². The van der Waals surface area contributed by atoms with E-state index in [2.05, 4.69) is 4.99 Å². The van der Waals surface area contributed by atoms with Gasteiger partial charge in [0.15, 0.2) is 0 Å². The molecule has 0 saturated heterocycles. The van der Waals surface area contributed by atoms with Crippen LogP contribution >= 0.6 is 11.6 Å². The van der Waals surface area contributed by atoms with Crippen LogP contribution in [0.3, 0.4) is 0 Å². The lowest BCUT2D eigenvalue weighted by atomic mass is 10.2. The molecule has 0 bridgehead atoms. The molecule has 3 heteroatoms. The van der Waals surface area contributed by atoms with E-state index in [1.165, 1.54) is 0 Å². The number of nitrogens with zero attached hydrogens (tertiary/aromatic N) is 1. The lowest BCUT2D eigenvalue weighted by Gasteiger charge is -2.07. The maximum absolute atomic E-state index is 6.12. The van der Waals surface area contributed by atoms with Crippen LogP contribution in [-0.4, -0.2) is 6.21 Å². The summed E-state index contributed by atoms with van der Waals surface area (Å²) < 4.78 is 5.76. The Morgan fingerprint density at radius 1 is 0.826 bits per heavy atom. The molecule has 0 aliphatic rings. The van der Waals surface area contributed by atoms with E-state index in [1.54, 1.807) is 0 Å². The van der Waals surface area contributed by atoms with Crippen molar-refractivity contribution in [3.8, 4) is 5.75 Å². The summed E-state index contributed by atoms with van der Waals surface area (Å²) in [6, 6.07) is 25.4. The van der Waals surface area contributed by atoms with Crippen LogP contribution in [-0.2, 0) is 6.61 Å². The first-order valence-electron chi connectivity index (χ1n) is 7.37. The minimum atomic E-state index is 0.455. The number of para-hydroxylation sites is 1. The van der Waals surface area contributed by atoms with Crippen LogP contribution in [0.2, 0.25) is 5.02 Å². The number of hydrogen-bond acceptors (Lipinski definition) is 2. The molecular formula is C20H16ClNO. The highest BCUT2D eigenvalue weighted by molar-refractivity contribution is 6.31. The molecule has 0 saturated carbocycles. The van der Waals surface area contributed by atoms with Crippen LogP contribution in [0, 0.1) is 0 Å². The summed E-state index contributed by atoms with van der Waals surface area (Å²) in [6.45, 7) is 0.455. The Balaban J connectivity index is 1.61. The normalized spacial score (nSPS) is 10.8. The van der Waals surface area contributed by atoms with Crippen LogP contribution in [0.4, 0.5) is 5.69 Å². The lowest BCUT2D eigenvalue weighted by Crippen LogP contribution is -1.96. The van der Waals surface area contributed by atoms with E-state index in [0.29, 0.717) is 6.61 Å². The minimum Gasteiger partial charge on any atom is -0.489 e. The monoisotopic (exact) mass is 321 g/mol. The third-order valence-electron chi connectivity index (χ3n) is 3.35. The highest BCUT2D eigenvalue weighted by Crippen LogP contribution is 2.19. The number of benzene rings is 3.